The van der Waals surface area contributed by atoms with Crippen LogP contribution < -0.4 is 10.6 Å². The van der Waals surface area contributed by atoms with Crippen LogP contribution in [0, 0.1) is 0 Å². The minimum atomic E-state index is -2.93. The van der Waals surface area contributed by atoms with Gasteiger partial charge in [-0.2, -0.15) is 0 Å². The molecule has 0 bridgehead atoms. The van der Waals surface area contributed by atoms with E-state index in [1.54, 1.807) is 0 Å². The lowest BCUT2D eigenvalue weighted by molar-refractivity contribution is -0.136. The number of carboxylic acid groups (broad SMARTS) is 1. The van der Waals surface area contributed by atoms with Crippen LogP contribution in [0.5, 0.6) is 0 Å². The maximum Gasteiger partial charge on any atom is 0.315 e. The fourth-order valence-electron chi connectivity index (χ4n) is 1.55. The van der Waals surface area contributed by atoms with Gasteiger partial charge >= 0.3 is 12.0 Å². The van der Waals surface area contributed by atoms with Crippen LogP contribution in [-0.4, -0.2) is 49.6 Å². The van der Waals surface area contributed by atoms with Crippen LogP contribution in [0.25, 0.3) is 0 Å². The number of carbonyl (C=O) groups excluding carboxylic acids is 1. The van der Waals surface area contributed by atoms with Gasteiger partial charge in [0.2, 0.25) is 0 Å². The van der Waals surface area contributed by atoms with Gasteiger partial charge in [-0.25, -0.2) is 13.2 Å². The average molecular weight is 264 g/mol. The molecule has 1 fully saturated rings. The molecule has 2 amide bonds. The summed E-state index contributed by atoms with van der Waals surface area (Å²) < 4.78 is 22.3. The van der Waals surface area contributed by atoms with Gasteiger partial charge in [0.15, 0.2) is 0 Å². The third-order valence-corrected chi connectivity index (χ3v) is 4.23. The fourth-order valence-corrected chi connectivity index (χ4v) is 3.05. The monoisotopic (exact) mass is 264 g/mol. The molecule has 0 aliphatic carbocycles. The molecule has 1 aliphatic heterocycles. The molecule has 0 aromatic heterocycles. The second-order valence-electron chi connectivity index (χ2n) is 3.97. The number of urea groups is 1. The lowest BCUT2D eigenvalue weighted by Crippen LogP contribution is -2.45. The second kappa shape index (κ2) is 5.85. The quantitative estimate of drug-likeness (QED) is 0.624. The zero-order valence-electron chi connectivity index (χ0n) is 9.31. The van der Waals surface area contributed by atoms with E-state index in [-0.39, 0.29) is 30.5 Å². The Morgan fingerprint density at radius 1 is 1.24 bits per heavy atom. The van der Waals surface area contributed by atoms with E-state index >= 15 is 0 Å². The van der Waals surface area contributed by atoms with E-state index in [9.17, 15) is 18.0 Å². The van der Waals surface area contributed by atoms with E-state index in [0.29, 0.717) is 12.8 Å². The molecule has 8 heteroatoms. The summed E-state index contributed by atoms with van der Waals surface area (Å²) in [6, 6.07) is -0.598. The summed E-state index contributed by atoms with van der Waals surface area (Å²) in [6.45, 7) is 0.0617. The van der Waals surface area contributed by atoms with Gasteiger partial charge in [0.25, 0.3) is 0 Å². The molecule has 7 nitrogen and oxygen atoms in total. The Morgan fingerprint density at radius 3 is 2.35 bits per heavy atom. The third kappa shape index (κ3) is 5.53. The van der Waals surface area contributed by atoms with Crippen molar-refractivity contribution in [2.45, 2.75) is 25.3 Å². The van der Waals surface area contributed by atoms with E-state index in [4.69, 9.17) is 5.11 Å². The first kappa shape index (κ1) is 13.8. The normalized spacial score (nSPS) is 19.5. The summed E-state index contributed by atoms with van der Waals surface area (Å²) in [4.78, 5) is 21.5. The molecule has 1 heterocycles. The van der Waals surface area contributed by atoms with E-state index in [1.807, 2.05) is 0 Å². The predicted molar refractivity (Wildman–Crippen MR) is 60.5 cm³/mol. The van der Waals surface area contributed by atoms with Crippen molar-refractivity contribution in [2.75, 3.05) is 18.1 Å². The minimum absolute atomic E-state index is 0.0617. The van der Waals surface area contributed by atoms with Crippen molar-refractivity contribution in [1.29, 1.82) is 0 Å². The number of nitrogens with one attached hydrogen (secondary N) is 2. The number of aliphatic carboxylic acids is 1. The number of carbonyl (C=O) groups is 2. The van der Waals surface area contributed by atoms with Gasteiger partial charge < -0.3 is 15.7 Å². The lowest BCUT2D eigenvalue weighted by atomic mass is 10.2. The van der Waals surface area contributed by atoms with E-state index in [2.05, 4.69) is 10.6 Å². The standard InChI is InChI=1S/C9H16N2O5S/c12-8(13)1-4-10-9(14)11-7-2-5-17(15,16)6-3-7/h7H,1-6H2,(H,12,13)(H2,10,11,14). The molecule has 0 aromatic carbocycles. The molecule has 17 heavy (non-hydrogen) atoms. The first-order chi connectivity index (χ1) is 7.89. The molecule has 3 N–H and O–H groups in total. The number of carboxylic acids is 1. The smallest absolute Gasteiger partial charge is 0.315 e. The van der Waals surface area contributed by atoms with Gasteiger partial charge in [-0.05, 0) is 12.8 Å². The Kier molecular flexibility index (Phi) is 4.73. The van der Waals surface area contributed by atoms with Gasteiger partial charge in [-0.15, -0.1) is 0 Å². The van der Waals surface area contributed by atoms with Crippen LogP contribution in [0.2, 0.25) is 0 Å². The van der Waals surface area contributed by atoms with Gasteiger partial charge in [0.05, 0.1) is 17.9 Å². The highest BCUT2D eigenvalue weighted by Gasteiger charge is 2.24. The highest BCUT2D eigenvalue weighted by Crippen LogP contribution is 2.11. The van der Waals surface area contributed by atoms with Gasteiger partial charge in [-0.3, -0.25) is 4.79 Å². The zero-order chi connectivity index (χ0) is 12.9. The summed E-state index contributed by atoms with van der Waals surface area (Å²) in [5.41, 5.74) is 0. The van der Waals surface area contributed by atoms with Crippen molar-refractivity contribution < 1.29 is 23.1 Å². The summed E-state index contributed by atoms with van der Waals surface area (Å²) in [5.74, 6) is -0.797. The van der Waals surface area contributed by atoms with E-state index < -0.39 is 21.8 Å². The topological polar surface area (TPSA) is 113 Å². The number of amides is 2. The summed E-state index contributed by atoms with van der Waals surface area (Å²) in [6.07, 6.45) is 0.690. The molecule has 0 aromatic rings. The van der Waals surface area contributed by atoms with Gasteiger partial charge in [0.1, 0.15) is 9.84 Å². The Balaban J connectivity index is 2.21. The SMILES string of the molecule is O=C(O)CCNC(=O)NC1CCS(=O)(=O)CC1. The summed E-state index contributed by atoms with van der Waals surface area (Å²) in [7, 11) is -2.93. The fraction of sp³-hybridized carbons (Fsp3) is 0.778. The maximum atomic E-state index is 11.3. The van der Waals surface area contributed by atoms with Crippen LogP contribution >= 0.6 is 0 Å². The predicted octanol–water partition coefficient (Wildman–Crippen LogP) is -0.662. The largest absolute Gasteiger partial charge is 0.481 e. The Hall–Kier alpha value is -1.31. The van der Waals surface area contributed by atoms with Crippen molar-refractivity contribution >= 4 is 21.8 Å². The lowest BCUT2D eigenvalue weighted by Gasteiger charge is -2.23. The third-order valence-electron chi connectivity index (χ3n) is 2.51. The summed E-state index contributed by atoms with van der Waals surface area (Å²) >= 11 is 0. The molecule has 0 unspecified atom stereocenters. The summed E-state index contributed by atoms with van der Waals surface area (Å²) in [5, 5.41) is 13.4. The first-order valence-electron chi connectivity index (χ1n) is 5.35. The Bertz CT molecular complexity index is 378. The molecular weight excluding hydrogens is 248 g/mol. The van der Waals surface area contributed by atoms with Gasteiger partial charge in [0, 0.05) is 12.6 Å². The zero-order valence-corrected chi connectivity index (χ0v) is 10.1. The average Bonchev–Trinajstić information content (AvgIpc) is 2.21. The van der Waals surface area contributed by atoms with Gasteiger partial charge in [-0.1, -0.05) is 0 Å². The molecule has 1 aliphatic rings. The number of hydrogen-bond acceptors (Lipinski definition) is 4. The second-order valence-corrected chi connectivity index (χ2v) is 6.27. The highest BCUT2D eigenvalue weighted by atomic mass is 32.2. The Labute approximate surface area is 99.5 Å². The molecule has 0 saturated carbocycles. The van der Waals surface area contributed by atoms with Crippen LogP contribution in [-0.2, 0) is 14.6 Å². The minimum Gasteiger partial charge on any atom is -0.481 e. The molecule has 1 saturated heterocycles. The van der Waals surface area contributed by atoms with Crippen LogP contribution in [0.1, 0.15) is 19.3 Å². The van der Waals surface area contributed by atoms with Crippen LogP contribution in [0.15, 0.2) is 0 Å². The molecule has 98 valence electrons. The molecule has 0 spiro atoms. The van der Waals surface area contributed by atoms with Crippen molar-refractivity contribution in [2.24, 2.45) is 0 Å². The molecular formula is C9H16N2O5S. The van der Waals surface area contributed by atoms with Crippen molar-refractivity contribution in [1.82, 2.24) is 10.6 Å². The number of rotatable bonds is 4. The number of hydrogen-bond donors (Lipinski definition) is 3. The number of sulfone groups is 1. The van der Waals surface area contributed by atoms with Crippen molar-refractivity contribution in [3.05, 3.63) is 0 Å². The first-order valence-corrected chi connectivity index (χ1v) is 7.18. The van der Waals surface area contributed by atoms with Crippen molar-refractivity contribution in [3.8, 4) is 0 Å². The van der Waals surface area contributed by atoms with Crippen molar-refractivity contribution in [3.63, 3.8) is 0 Å². The molecule has 0 radical (unpaired) electrons. The Morgan fingerprint density at radius 2 is 1.82 bits per heavy atom. The maximum absolute atomic E-state index is 11.3. The van der Waals surface area contributed by atoms with E-state index in [1.165, 1.54) is 0 Å². The molecule has 1 rings (SSSR count). The van der Waals surface area contributed by atoms with Crippen LogP contribution in [0.3, 0.4) is 0 Å². The molecule has 0 atom stereocenters. The van der Waals surface area contributed by atoms with Crippen LogP contribution in [0.4, 0.5) is 4.79 Å². The van der Waals surface area contributed by atoms with E-state index in [0.717, 1.165) is 0 Å². The highest BCUT2D eigenvalue weighted by molar-refractivity contribution is 7.91.